The highest BCUT2D eigenvalue weighted by molar-refractivity contribution is 7.97. The maximum absolute atomic E-state index is 13.1. The molecule has 4 nitrogen and oxygen atoms in total. The van der Waals surface area contributed by atoms with Gasteiger partial charge in [0.2, 0.25) is 9.79 Å². The fourth-order valence-electron chi connectivity index (χ4n) is 4.38. The number of esters is 1. The third kappa shape index (κ3) is 5.94. The van der Waals surface area contributed by atoms with Crippen molar-refractivity contribution in [3.63, 3.8) is 0 Å². The Morgan fingerprint density at radius 1 is 0.897 bits per heavy atom. The van der Waals surface area contributed by atoms with Gasteiger partial charge in [-0.15, -0.1) is 0 Å². The summed E-state index contributed by atoms with van der Waals surface area (Å²) < 4.78 is 30.8. The molecule has 39 heavy (non-hydrogen) atoms. The standard InChI is InChI=1S/C33H28FO4S/c1-22-19-26(39-29-11-7-5-9-27(29)37-28-10-6-8-12-30(28)39)20-23(2)32(22)36-21-31(35)38-33(3,4)18-17-24-13-15-25(34)16-14-24/h5-16,19-20H,21H2,1-4H3/q+1. The van der Waals surface area contributed by atoms with E-state index >= 15 is 0 Å². The van der Waals surface area contributed by atoms with E-state index in [1.807, 2.05) is 50.2 Å². The van der Waals surface area contributed by atoms with Gasteiger partial charge in [0.05, 0.1) is 0 Å². The van der Waals surface area contributed by atoms with Crippen LogP contribution in [0.2, 0.25) is 0 Å². The Morgan fingerprint density at radius 3 is 2.05 bits per heavy atom. The molecule has 0 amide bonds. The number of hydrogen-bond donors (Lipinski definition) is 0. The lowest BCUT2D eigenvalue weighted by Gasteiger charge is -2.21. The van der Waals surface area contributed by atoms with Crippen LogP contribution < -0.4 is 9.47 Å². The van der Waals surface area contributed by atoms with Gasteiger partial charge in [-0.1, -0.05) is 36.1 Å². The topological polar surface area (TPSA) is 44.8 Å². The zero-order valence-electron chi connectivity index (χ0n) is 22.2. The van der Waals surface area contributed by atoms with Crippen LogP contribution in [0.4, 0.5) is 4.39 Å². The van der Waals surface area contributed by atoms with E-state index in [1.165, 1.54) is 12.1 Å². The minimum Gasteiger partial charge on any atom is -0.481 e. The van der Waals surface area contributed by atoms with Crippen LogP contribution in [0, 0.1) is 31.5 Å². The maximum Gasteiger partial charge on any atom is 0.345 e. The van der Waals surface area contributed by atoms with E-state index in [0.717, 1.165) is 37.3 Å². The monoisotopic (exact) mass is 539 g/mol. The molecule has 1 heterocycles. The lowest BCUT2D eigenvalue weighted by molar-refractivity contribution is -0.154. The van der Waals surface area contributed by atoms with Crippen molar-refractivity contribution < 1.29 is 23.4 Å². The van der Waals surface area contributed by atoms with E-state index in [2.05, 4.69) is 36.1 Å². The van der Waals surface area contributed by atoms with E-state index in [0.29, 0.717) is 11.3 Å². The molecule has 0 radical (unpaired) electrons. The van der Waals surface area contributed by atoms with Gasteiger partial charge in [0, 0.05) is 17.7 Å². The highest BCUT2D eigenvalue weighted by atomic mass is 32.2. The summed E-state index contributed by atoms with van der Waals surface area (Å²) in [6.07, 6.45) is 0. The normalized spacial score (nSPS) is 12.3. The molecule has 0 saturated carbocycles. The summed E-state index contributed by atoms with van der Waals surface area (Å²) in [5, 5.41) is 0. The molecule has 6 heteroatoms. The molecule has 0 spiro atoms. The van der Waals surface area contributed by atoms with Crippen LogP contribution in [0.1, 0.15) is 30.5 Å². The van der Waals surface area contributed by atoms with Crippen LogP contribution in [0.15, 0.2) is 99.6 Å². The Kier molecular flexibility index (Phi) is 7.36. The minimum absolute atomic E-state index is 0.242. The zero-order valence-corrected chi connectivity index (χ0v) is 23.0. The Hall–Kier alpha value is -4.21. The van der Waals surface area contributed by atoms with Gasteiger partial charge in [0.1, 0.15) is 22.5 Å². The minimum atomic E-state index is -1.03. The summed E-state index contributed by atoms with van der Waals surface area (Å²) in [4.78, 5) is 16.0. The van der Waals surface area contributed by atoms with Crippen LogP contribution in [-0.4, -0.2) is 18.2 Å². The first kappa shape index (κ1) is 26.4. The molecule has 0 atom stereocenters. The summed E-state index contributed by atoms with van der Waals surface area (Å²) in [5.74, 6) is 7.38. The highest BCUT2D eigenvalue weighted by Crippen LogP contribution is 2.47. The first-order valence-corrected chi connectivity index (χ1v) is 13.8. The Bertz CT molecular complexity index is 1530. The molecule has 1 aliphatic heterocycles. The van der Waals surface area contributed by atoms with Crippen molar-refractivity contribution in [2.24, 2.45) is 0 Å². The predicted octanol–water partition coefficient (Wildman–Crippen LogP) is 7.40. The van der Waals surface area contributed by atoms with Gasteiger partial charge in [0.25, 0.3) is 0 Å². The fraction of sp³-hybridized carbons (Fsp3) is 0.182. The molecule has 196 valence electrons. The van der Waals surface area contributed by atoms with E-state index < -0.39 is 11.6 Å². The maximum atomic E-state index is 13.1. The molecule has 0 aliphatic carbocycles. The number of aryl methyl sites for hydroxylation is 2. The van der Waals surface area contributed by atoms with Gasteiger partial charge in [0.15, 0.2) is 28.6 Å². The molecular formula is C33H28FO4S+. The van der Waals surface area contributed by atoms with Crippen molar-refractivity contribution in [2.75, 3.05) is 6.61 Å². The van der Waals surface area contributed by atoms with Gasteiger partial charge < -0.3 is 14.2 Å². The number of fused-ring (bicyclic) bond motifs is 2. The van der Waals surface area contributed by atoms with E-state index in [1.54, 1.807) is 26.0 Å². The van der Waals surface area contributed by atoms with Crippen molar-refractivity contribution in [1.82, 2.24) is 0 Å². The Labute approximate surface area is 231 Å². The molecule has 4 aromatic carbocycles. The van der Waals surface area contributed by atoms with Crippen LogP contribution in [-0.2, 0) is 20.4 Å². The summed E-state index contributed by atoms with van der Waals surface area (Å²) in [5.41, 5.74) is 1.47. The average molecular weight is 540 g/mol. The molecule has 4 aromatic rings. The molecule has 0 unspecified atom stereocenters. The van der Waals surface area contributed by atoms with Crippen molar-refractivity contribution in [3.05, 3.63) is 107 Å². The van der Waals surface area contributed by atoms with Crippen LogP contribution in [0.3, 0.4) is 0 Å². The van der Waals surface area contributed by atoms with Gasteiger partial charge in [-0.3, -0.25) is 0 Å². The van der Waals surface area contributed by atoms with Gasteiger partial charge in [-0.2, -0.15) is 0 Å². The number of halogens is 1. The zero-order chi connectivity index (χ0) is 27.6. The number of carbonyl (C=O) groups is 1. The summed E-state index contributed by atoms with van der Waals surface area (Å²) in [7, 11) is -0.341. The number of hydrogen-bond acceptors (Lipinski definition) is 4. The smallest absolute Gasteiger partial charge is 0.345 e. The molecule has 0 aromatic heterocycles. The van der Waals surface area contributed by atoms with Crippen molar-refractivity contribution >= 4 is 16.9 Å². The summed E-state index contributed by atoms with van der Waals surface area (Å²) >= 11 is 0. The lowest BCUT2D eigenvalue weighted by atomic mass is 10.1. The van der Waals surface area contributed by atoms with E-state index in [9.17, 15) is 9.18 Å². The van der Waals surface area contributed by atoms with E-state index in [-0.39, 0.29) is 23.3 Å². The SMILES string of the molecule is Cc1cc([S+]2c3ccccc3Oc3ccccc32)cc(C)c1OCC(=O)OC(C)(C)C#Cc1ccc(F)cc1. The molecule has 0 saturated heterocycles. The third-order valence-corrected chi connectivity index (χ3v) is 8.34. The van der Waals surface area contributed by atoms with Crippen molar-refractivity contribution in [2.45, 2.75) is 48.0 Å². The lowest BCUT2D eigenvalue weighted by Crippen LogP contribution is -2.29. The summed E-state index contributed by atoms with van der Waals surface area (Å²) in [6, 6.07) is 26.3. The van der Waals surface area contributed by atoms with Crippen LogP contribution >= 0.6 is 0 Å². The quantitative estimate of drug-likeness (QED) is 0.133. The summed E-state index contributed by atoms with van der Waals surface area (Å²) in [6.45, 7) is 7.14. The Morgan fingerprint density at radius 2 is 1.46 bits per heavy atom. The van der Waals surface area contributed by atoms with Crippen molar-refractivity contribution in [3.8, 4) is 29.1 Å². The van der Waals surface area contributed by atoms with Crippen LogP contribution in [0.5, 0.6) is 17.2 Å². The number of benzene rings is 4. The number of carbonyl (C=O) groups excluding carboxylic acids is 1. The van der Waals surface area contributed by atoms with Crippen molar-refractivity contribution in [1.29, 1.82) is 0 Å². The molecule has 5 rings (SSSR count). The molecule has 0 bridgehead atoms. The van der Waals surface area contributed by atoms with Gasteiger partial charge in [-0.25, -0.2) is 9.18 Å². The largest absolute Gasteiger partial charge is 0.481 e. The number of rotatable bonds is 5. The van der Waals surface area contributed by atoms with Gasteiger partial charge in [-0.05, 0) is 87.4 Å². The second-order valence-electron chi connectivity index (χ2n) is 9.72. The molecule has 1 aliphatic rings. The molecule has 0 fully saturated rings. The number of ether oxygens (including phenoxy) is 3. The third-order valence-electron chi connectivity index (χ3n) is 6.08. The average Bonchev–Trinajstić information content (AvgIpc) is 2.90. The van der Waals surface area contributed by atoms with E-state index in [4.69, 9.17) is 14.2 Å². The van der Waals surface area contributed by atoms with Crippen LogP contribution in [0.25, 0.3) is 0 Å². The predicted molar refractivity (Wildman–Crippen MR) is 150 cm³/mol. The second kappa shape index (κ2) is 10.9. The first-order valence-electron chi connectivity index (χ1n) is 12.5. The first-order chi connectivity index (χ1) is 18.7. The second-order valence-corrected chi connectivity index (χ2v) is 11.7. The molecule has 0 N–H and O–H groups in total. The highest BCUT2D eigenvalue weighted by Gasteiger charge is 2.39. The number of para-hydroxylation sites is 2. The fourth-order valence-corrected chi connectivity index (χ4v) is 6.76. The Balaban J connectivity index is 1.32. The van der Waals surface area contributed by atoms with Gasteiger partial charge >= 0.3 is 5.97 Å². The molecular weight excluding hydrogens is 511 g/mol.